The minimum absolute atomic E-state index is 0.0731. The van der Waals surface area contributed by atoms with E-state index in [0.29, 0.717) is 6.54 Å². The van der Waals surface area contributed by atoms with E-state index >= 15 is 0 Å². The van der Waals surface area contributed by atoms with Crippen molar-refractivity contribution in [2.45, 2.75) is 12.8 Å². The fourth-order valence-corrected chi connectivity index (χ4v) is 2.70. The smallest absolute Gasteiger partial charge is 0.228 e. The van der Waals surface area contributed by atoms with E-state index in [1.165, 1.54) is 0 Å². The van der Waals surface area contributed by atoms with Gasteiger partial charge in [-0.1, -0.05) is 15.9 Å². The van der Waals surface area contributed by atoms with Crippen LogP contribution < -0.4 is 11.1 Å². The van der Waals surface area contributed by atoms with E-state index in [4.69, 9.17) is 5.73 Å². The van der Waals surface area contributed by atoms with Crippen molar-refractivity contribution >= 4 is 27.5 Å². The van der Waals surface area contributed by atoms with Crippen LogP contribution in [0.1, 0.15) is 12.8 Å². The Bertz CT molecular complexity index is 419. The van der Waals surface area contributed by atoms with Crippen molar-refractivity contribution in [3.63, 3.8) is 0 Å². The summed E-state index contributed by atoms with van der Waals surface area (Å²) in [7, 11) is 0. The first-order valence-corrected chi connectivity index (χ1v) is 7.47. The largest absolute Gasteiger partial charge is 0.329 e. The summed E-state index contributed by atoms with van der Waals surface area (Å²) in [5.41, 5.74) is 6.42. The highest BCUT2D eigenvalue weighted by Gasteiger charge is 2.25. The van der Waals surface area contributed by atoms with Crippen molar-refractivity contribution in [1.29, 1.82) is 0 Å². The minimum Gasteiger partial charge on any atom is -0.329 e. The summed E-state index contributed by atoms with van der Waals surface area (Å²) < 4.78 is 1.01. The van der Waals surface area contributed by atoms with Crippen LogP contribution in [0, 0.1) is 5.92 Å². The molecule has 4 nitrogen and oxygen atoms in total. The van der Waals surface area contributed by atoms with Gasteiger partial charge in [0.2, 0.25) is 5.91 Å². The minimum atomic E-state index is 0.0731. The Kier molecular flexibility index (Phi) is 5.36. The lowest BCUT2D eigenvalue weighted by molar-refractivity contribution is -0.121. The van der Waals surface area contributed by atoms with Crippen LogP contribution in [-0.4, -0.2) is 37.0 Å². The van der Waals surface area contributed by atoms with Crippen molar-refractivity contribution in [3.05, 3.63) is 28.7 Å². The van der Waals surface area contributed by atoms with E-state index < -0.39 is 0 Å². The normalized spacial score (nSPS) is 20.2. The van der Waals surface area contributed by atoms with Gasteiger partial charge in [-0.3, -0.25) is 4.79 Å². The summed E-state index contributed by atoms with van der Waals surface area (Å²) in [5.74, 6) is 0.188. The zero-order valence-electron chi connectivity index (χ0n) is 10.9. The van der Waals surface area contributed by atoms with Crippen molar-refractivity contribution in [2.24, 2.45) is 11.7 Å². The lowest BCUT2D eigenvalue weighted by Gasteiger charge is -2.31. The second-order valence-electron chi connectivity index (χ2n) is 4.92. The van der Waals surface area contributed by atoms with Gasteiger partial charge in [0, 0.05) is 29.8 Å². The number of hydrogen-bond donors (Lipinski definition) is 2. The van der Waals surface area contributed by atoms with Gasteiger partial charge in [0.05, 0.1) is 5.92 Å². The van der Waals surface area contributed by atoms with E-state index in [2.05, 4.69) is 26.1 Å². The number of nitrogens with zero attached hydrogens (tertiary/aromatic N) is 1. The van der Waals surface area contributed by atoms with Crippen LogP contribution in [0.5, 0.6) is 0 Å². The molecule has 1 atom stereocenters. The third-order valence-electron chi connectivity index (χ3n) is 3.43. The number of anilines is 1. The second-order valence-corrected chi connectivity index (χ2v) is 5.84. The fraction of sp³-hybridized carbons (Fsp3) is 0.500. The molecule has 1 aromatic rings. The van der Waals surface area contributed by atoms with Gasteiger partial charge >= 0.3 is 0 Å². The van der Waals surface area contributed by atoms with Gasteiger partial charge in [-0.05, 0) is 43.7 Å². The van der Waals surface area contributed by atoms with Crippen LogP contribution in [0.2, 0.25) is 0 Å². The molecule has 0 aromatic heterocycles. The Labute approximate surface area is 122 Å². The number of amides is 1. The first kappa shape index (κ1) is 14.5. The summed E-state index contributed by atoms with van der Waals surface area (Å²) >= 11 is 3.38. The van der Waals surface area contributed by atoms with Gasteiger partial charge in [-0.15, -0.1) is 0 Å². The number of nitrogens with two attached hydrogens (primary N) is 1. The topological polar surface area (TPSA) is 58.4 Å². The van der Waals surface area contributed by atoms with Gasteiger partial charge in [0.25, 0.3) is 0 Å². The SMILES string of the molecule is NCCN1CCCC(C(=O)Nc2ccc(Br)cc2)C1. The van der Waals surface area contributed by atoms with E-state index in [9.17, 15) is 4.79 Å². The van der Waals surface area contributed by atoms with Crippen LogP contribution in [0.4, 0.5) is 5.69 Å². The highest BCUT2D eigenvalue weighted by molar-refractivity contribution is 9.10. The van der Waals surface area contributed by atoms with Gasteiger partial charge in [0.15, 0.2) is 0 Å². The number of halogens is 1. The van der Waals surface area contributed by atoms with Crippen molar-refractivity contribution in [1.82, 2.24) is 4.90 Å². The van der Waals surface area contributed by atoms with Crippen LogP contribution in [0.3, 0.4) is 0 Å². The predicted molar refractivity (Wildman–Crippen MR) is 81.0 cm³/mol. The van der Waals surface area contributed by atoms with Crippen LogP contribution in [0.15, 0.2) is 28.7 Å². The average Bonchev–Trinajstić information content (AvgIpc) is 2.42. The van der Waals surface area contributed by atoms with Gasteiger partial charge < -0.3 is 16.0 Å². The number of carbonyl (C=O) groups is 1. The molecule has 0 bridgehead atoms. The number of carbonyl (C=O) groups excluding carboxylic acids is 1. The Morgan fingerprint density at radius 1 is 1.42 bits per heavy atom. The maximum absolute atomic E-state index is 12.2. The maximum Gasteiger partial charge on any atom is 0.228 e. The van der Waals surface area contributed by atoms with E-state index in [1.54, 1.807) is 0 Å². The Morgan fingerprint density at radius 3 is 2.84 bits per heavy atom. The molecule has 1 amide bonds. The molecule has 3 N–H and O–H groups in total. The second kappa shape index (κ2) is 7.03. The monoisotopic (exact) mass is 325 g/mol. The number of likely N-dealkylation sites (tertiary alicyclic amines) is 1. The van der Waals surface area contributed by atoms with Crippen LogP contribution >= 0.6 is 15.9 Å². The lowest BCUT2D eigenvalue weighted by atomic mass is 9.97. The van der Waals surface area contributed by atoms with Crippen molar-refractivity contribution in [3.8, 4) is 0 Å². The molecule has 0 spiro atoms. The molecular formula is C14H20BrN3O. The predicted octanol–water partition coefficient (Wildman–Crippen LogP) is 2.06. The molecule has 1 unspecified atom stereocenters. The highest BCUT2D eigenvalue weighted by Crippen LogP contribution is 2.19. The third kappa shape index (κ3) is 4.30. The molecule has 104 valence electrons. The quantitative estimate of drug-likeness (QED) is 0.890. The zero-order valence-corrected chi connectivity index (χ0v) is 12.5. The molecule has 1 heterocycles. The number of piperidine rings is 1. The summed E-state index contributed by atoms with van der Waals surface area (Å²) in [5, 5.41) is 2.98. The van der Waals surface area contributed by atoms with Gasteiger partial charge in [-0.2, -0.15) is 0 Å². The molecule has 1 fully saturated rings. The number of nitrogens with one attached hydrogen (secondary N) is 1. The van der Waals surface area contributed by atoms with E-state index in [0.717, 1.165) is 42.6 Å². The molecule has 1 aliphatic rings. The Balaban J connectivity index is 1.90. The molecule has 1 saturated heterocycles. The summed E-state index contributed by atoms with van der Waals surface area (Å²) in [4.78, 5) is 14.5. The highest BCUT2D eigenvalue weighted by atomic mass is 79.9. The molecule has 0 saturated carbocycles. The maximum atomic E-state index is 12.2. The molecule has 5 heteroatoms. The van der Waals surface area contributed by atoms with Crippen LogP contribution in [0.25, 0.3) is 0 Å². The molecule has 19 heavy (non-hydrogen) atoms. The first-order valence-electron chi connectivity index (χ1n) is 6.68. The fourth-order valence-electron chi connectivity index (χ4n) is 2.43. The molecule has 2 rings (SSSR count). The molecule has 1 aromatic carbocycles. The summed E-state index contributed by atoms with van der Waals surface area (Å²) in [6.07, 6.45) is 2.03. The molecule has 1 aliphatic heterocycles. The first-order chi connectivity index (χ1) is 9.19. The van der Waals surface area contributed by atoms with Crippen molar-refractivity contribution < 1.29 is 4.79 Å². The van der Waals surface area contributed by atoms with Gasteiger partial charge in [0.1, 0.15) is 0 Å². The van der Waals surface area contributed by atoms with E-state index in [-0.39, 0.29) is 11.8 Å². The van der Waals surface area contributed by atoms with E-state index in [1.807, 2.05) is 24.3 Å². The average molecular weight is 326 g/mol. The number of rotatable bonds is 4. The molecular weight excluding hydrogens is 306 g/mol. The Morgan fingerprint density at radius 2 is 2.16 bits per heavy atom. The van der Waals surface area contributed by atoms with Gasteiger partial charge in [-0.25, -0.2) is 0 Å². The standard InChI is InChI=1S/C14H20BrN3O/c15-12-3-5-13(6-4-12)17-14(19)11-2-1-8-18(10-11)9-7-16/h3-6,11H,1-2,7-10,16H2,(H,17,19). The Hall–Kier alpha value is -0.910. The van der Waals surface area contributed by atoms with Crippen LogP contribution in [-0.2, 0) is 4.79 Å². The third-order valence-corrected chi connectivity index (χ3v) is 3.96. The molecule has 0 aliphatic carbocycles. The molecule has 0 radical (unpaired) electrons. The number of hydrogen-bond acceptors (Lipinski definition) is 3. The lowest BCUT2D eigenvalue weighted by Crippen LogP contribution is -2.42. The zero-order chi connectivity index (χ0) is 13.7. The number of benzene rings is 1. The summed E-state index contributed by atoms with van der Waals surface area (Å²) in [6, 6.07) is 7.67. The summed E-state index contributed by atoms with van der Waals surface area (Å²) in [6.45, 7) is 3.40. The van der Waals surface area contributed by atoms with Crippen molar-refractivity contribution in [2.75, 3.05) is 31.5 Å².